The van der Waals surface area contributed by atoms with E-state index < -0.39 is 11.6 Å². The van der Waals surface area contributed by atoms with Crippen molar-refractivity contribution in [1.82, 2.24) is 0 Å². The summed E-state index contributed by atoms with van der Waals surface area (Å²) >= 11 is 0. The lowest BCUT2D eigenvalue weighted by Crippen LogP contribution is -2.44. The topological polar surface area (TPSA) is 20.2 Å². The molecule has 3 aromatic rings. The van der Waals surface area contributed by atoms with Crippen LogP contribution in [0.2, 0.25) is 0 Å². The molecule has 0 aliphatic carbocycles. The smallest absolute Gasteiger partial charge is 0.406 e. The third-order valence-corrected chi connectivity index (χ3v) is 4.14. The average molecular weight is 328 g/mol. The molecule has 0 atom stereocenters. The number of rotatable bonds is 3. The summed E-state index contributed by atoms with van der Waals surface area (Å²) in [6.07, 6.45) is -4.56. The first-order chi connectivity index (χ1) is 11.5. The van der Waals surface area contributed by atoms with Crippen LogP contribution in [0.4, 0.5) is 13.2 Å². The van der Waals surface area contributed by atoms with Crippen molar-refractivity contribution in [3.8, 4) is 5.75 Å². The second kappa shape index (κ2) is 6.04. The number of phenols is 1. The summed E-state index contributed by atoms with van der Waals surface area (Å²) in [5, 5.41) is 9.49. The van der Waals surface area contributed by atoms with Crippen molar-refractivity contribution in [3.63, 3.8) is 0 Å². The van der Waals surface area contributed by atoms with Crippen molar-refractivity contribution in [1.29, 1.82) is 0 Å². The van der Waals surface area contributed by atoms with Crippen LogP contribution in [0.25, 0.3) is 0 Å². The number of phenolic OH excluding ortho intramolecular Hbond substituents is 1. The highest BCUT2D eigenvalue weighted by molar-refractivity contribution is 5.53. The Morgan fingerprint density at radius 3 is 1.29 bits per heavy atom. The van der Waals surface area contributed by atoms with Gasteiger partial charge in [-0.1, -0.05) is 72.8 Å². The summed E-state index contributed by atoms with van der Waals surface area (Å²) in [4.78, 5) is 0. The van der Waals surface area contributed by atoms with Crippen molar-refractivity contribution < 1.29 is 18.3 Å². The molecule has 1 nitrogen and oxygen atoms in total. The van der Waals surface area contributed by atoms with Gasteiger partial charge in [0.1, 0.15) is 11.2 Å². The van der Waals surface area contributed by atoms with Gasteiger partial charge in [-0.2, -0.15) is 13.2 Å². The monoisotopic (exact) mass is 328 g/mol. The van der Waals surface area contributed by atoms with E-state index in [9.17, 15) is 18.3 Å². The number of halogens is 3. The van der Waals surface area contributed by atoms with E-state index >= 15 is 0 Å². The summed E-state index contributed by atoms with van der Waals surface area (Å²) in [6.45, 7) is 0. The normalized spacial score (nSPS) is 12.1. The molecular formula is C20H15F3O. The van der Waals surface area contributed by atoms with Crippen molar-refractivity contribution in [2.75, 3.05) is 0 Å². The minimum Gasteiger partial charge on any atom is -0.508 e. The molecule has 1 N–H and O–H groups in total. The Hall–Kier alpha value is -2.75. The summed E-state index contributed by atoms with van der Waals surface area (Å²) in [7, 11) is 0. The molecule has 4 heteroatoms. The third-order valence-electron chi connectivity index (χ3n) is 4.14. The molecule has 0 fully saturated rings. The number of hydrogen-bond acceptors (Lipinski definition) is 1. The van der Waals surface area contributed by atoms with Gasteiger partial charge in [-0.3, -0.25) is 0 Å². The minimum atomic E-state index is -4.56. The Balaban J connectivity index is 2.40. The van der Waals surface area contributed by atoms with E-state index in [2.05, 4.69) is 0 Å². The number of aromatic hydroxyl groups is 1. The highest BCUT2D eigenvalue weighted by Gasteiger charge is 2.58. The van der Waals surface area contributed by atoms with E-state index in [1.807, 2.05) is 0 Å². The zero-order valence-electron chi connectivity index (χ0n) is 12.7. The van der Waals surface area contributed by atoms with Crippen molar-refractivity contribution in [3.05, 3.63) is 102 Å². The molecule has 0 aromatic heterocycles. The van der Waals surface area contributed by atoms with Crippen LogP contribution in [-0.2, 0) is 5.41 Å². The predicted octanol–water partition coefficient (Wildman–Crippen LogP) is 5.29. The second-order valence-electron chi connectivity index (χ2n) is 5.53. The first kappa shape index (κ1) is 16.1. The molecule has 0 aliphatic rings. The van der Waals surface area contributed by atoms with Gasteiger partial charge in [0.15, 0.2) is 0 Å². The van der Waals surface area contributed by atoms with Crippen LogP contribution in [0.3, 0.4) is 0 Å². The van der Waals surface area contributed by atoms with Gasteiger partial charge >= 0.3 is 6.18 Å². The van der Waals surface area contributed by atoms with Gasteiger partial charge in [0, 0.05) is 0 Å². The van der Waals surface area contributed by atoms with E-state index in [0.29, 0.717) is 0 Å². The fraction of sp³-hybridized carbons (Fsp3) is 0.100. The summed E-state index contributed by atoms with van der Waals surface area (Å²) in [5.74, 6) is -0.0732. The molecule has 122 valence electrons. The molecule has 0 unspecified atom stereocenters. The summed E-state index contributed by atoms with van der Waals surface area (Å²) in [5.41, 5.74) is -1.97. The Morgan fingerprint density at radius 2 is 0.917 bits per heavy atom. The maximum absolute atomic E-state index is 14.5. The quantitative estimate of drug-likeness (QED) is 0.648. The number of hydrogen-bond donors (Lipinski definition) is 1. The highest BCUT2D eigenvalue weighted by atomic mass is 19.4. The van der Waals surface area contributed by atoms with Gasteiger partial charge in [-0.25, -0.2) is 0 Å². The van der Waals surface area contributed by atoms with Crippen LogP contribution in [0.15, 0.2) is 84.9 Å². The van der Waals surface area contributed by atoms with Crippen molar-refractivity contribution in [2.45, 2.75) is 11.6 Å². The molecule has 0 saturated heterocycles. The SMILES string of the molecule is Oc1ccc(C(c2ccccc2)(c2ccccc2)C(F)(F)F)cc1. The van der Waals surface area contributed by atoms with Gasteiger partial charge in [0.25, 0.3) is 0 Å². The largest absolute Gasteiger partial charge is 0.508 e. The van der Waals surface area contributed by atoms with Gasteiger partial charge < -0.3 is 5.11 Å². The van der Waals surface area contributed by atoms with Gasteiger partial charge in [0.2, 0.25) is 0 Å². The molecule has 24 heavy (non-hydrogen) atoms. The van der Waals surface area contributed by atoms with Crippen molar-refractivity contribution >= 4 is 0 Å². The van der Waals surface area contributed by atoms with E-state index in [1.165, 1.54) is 48.5 Å². The van der Waals surface area contributed by atoms with Crippen molar-refractivity contribution in [2.24, 2.45) is 0 Å². The zero-order chi connectivity index (χ0) is 17.2. The molecular weight excluding hydrogens is 313 g/mol. The first-order valence-corrected chi connectivity index (χ1v) is 7.43. The van der Waals surface area contributed by atoms with Gasteiger partial charge in [-0.05, 0) is 28.8 Å². The molecule has 0 radical (unpaired) electrons. The molecule has 0 aliphatic heterocycles. The maximum atomic E-state index is 14.5. The molecule has 0 amide bonds. The standard InChI is InChI=1S/C20H15F3O/c21-20(22,23)19(15-7-3-1-4-8-15,16-9-5-2-6-10-16)17-11-13-18(24)14-12-17/h1-14,24H. The Kier molecular flexibility index (Phi) is 4.06. The van der Waals surface area contributed by atoms with Gasteiger partial charge in [0.05, 0.1) is 0 Å². The maximum Gasteiger partial charge on any atom is 0.406 e. The molecule has 0 heterocycles. The van der Waals surface area contributed by atoms with Gasteiger partial charge in [-0.15, -0.1) is 0 Å². The van der Waals surface area contributed by atoms with Crippen LogP contribution in [-0.4, -0.2) is 11.3 Å². The van der Waals surface area contributed by atoms with E-state index in [0.717, 1.165) is 0 Å². The molecule has 0 saturated carbocycles. The average Bonchev–Trinajstić information content (AvgIpc) is 2.58. The molecule has 3 aromatic carbocycles. The van der Waals surface area contributed by atoms with Crippen LogP contribution in [0, 0.1) is 0 Å². The lowest BCUT2D eigenvalue weighted by Gasteiger charge is -2.37. The lowest BCUT2D eigenvalue weighted by atomic mass is 9.69. The number of benzene rings is 3. The Morgan fingerprint density at radius 1 is 0.542 bits per heavy atom. The van der Waals surface area contributed by atoms with E-state index in [-0.39, 0.29) is 22.4 Å². The van der Waals surface area contributed by atoms with Crippen LogP contribution in [0.5, 0.6) is 5.75 Å². The van der Waals surface area contributed by atoms with E-state index in [4.69, 9.17) is 0 Å². The lowest BCUT2D eigenvalue weighted by molar-refractivity contribution is -0.166. The fourth-order valence-electron chi connectivity index (χ4n) is 3.08. The second-order valence-corrected chi connectivity index (χ2v) is 5.53. The van der Waals surface area contributed by atoms with Crippen LogP contribution in [0.1, 0.15) is 16.7 Å². The Bertz CT molecular complexity index is 754. The minimum absolute atomic E-state index is 0.0604. The van der Waals surface area contributed by atoms with Crippen LogP contribution < -0.4 is 0 Å². The first-order valence-electron chi connectivity index (χ1n) is 7.43. The Labute approximate surface area is 138 Å². The molecule has 0 bridgehead atoms. The zero-order valence-corrected chi connectivity index (χ0v) is 12.7. The molecule has 3 rings (SSSR count). The van der Waals surface area contributed by atoms with E-state index in [1.54, 1.807) is 36.4 Å². The predicted molar refractivity (Wildman–Crippen MR) is 86.9 cm³/mol. The third kappa shape index (κ3) is 2.54. The summed E-state index contributed by atoms with van der Waals surface area (Å²) < 4.78 is 43.4. The highest BCUT2D eigenvalue weighted by Crippen LogP contribution is 2.51. The number of alkyl halides is 3. The summed E-state index contributed by atoms with van der Waals surface area (Å²) in [6, 6.07) is 20.9. The fourth-order valence-corrected chi connectivity index (χ4v) is 3.08. The van der Waals surface area contributed by atoms with Crippen LogP contribution >= 0.6 is 0 Å². The molecule has 0 spiro atoms.